The molecule has 0 spiro atoms. The highest BCUT2D eigenvalue weighted by molar-refractivity contribution is 8.01. The number of thioether (sulfide) groups is 1. The summed E-state index contributed by atoms with van der Waals surface area (Å²) < 4.78 is 18.6. The van der Waals surface area contributed by atoms with Gasteiger partial charge in [-0.05, 0) is 26.0 Å². The van der Waals surface area contributed by atoms with Gasteiger partial charge in [-0.2, -0.15) is 5.26 Å². The molecule has 6 nitrogen and oxygen atoms in total. The van der Waals surface area contributed by atoms with Gasteiger partial charge < -0.3 is 15.0 Å². The van der Waals surface area contributed by atoms with E-state index in [1.807, 2.05) is 6.07 Å². The van der Waals surface area contributed by atoms with Crippen LogP contribution in [0.3, 0.4) is 0 Å². The number of hydrogen-bond acceptors (Lipinski definition) is 6. The summed E-state index contributed by atoms with van der Waals surface area (Å²) in [5, 5.41) is 11.2. The Morgan fingerprint density at radius 1 is 1.50 bits per heavy atom. The molecule has 3 atom stereocenters. The van der Waals surface area contributed by atoms with Gasteiger partial charge in [-0.3, -0.25) is 9.59 Å². The summed E-state index contributed by atoms with van der Waals surface area (Å²) in [5.74, 6) is -2.25. The van der Waals surface area contributed by atoms with Crippen LogP contribution in [0.15, 0.2) is 24.3 Å². The molecule has 1 amide bonds. The van der Waals surface area contributed by atoms with Crippen molar-refractivity contribution in [3.05, 3.63) is 30.1 Å². The van der Waals surface area contributed by atoms with Crippen LogP contribution in [0.25, 0.3) is 0 Å². The molecule has 0 bridgehead atoms. The molecule has 1 aromatic carbocycles. The van der Waals surface area contributed by atoms with Crippen molar-refractivity contribution >= 4 is 29.3 Å². The van der Waals surface area contributed by atoms with Gasteiger partial charge in [0, 0.05) is 14.5 Å². The van der Waals surface area contributed by atoms with Crippen LogP contribution >= 0.6 is 11.8 Å². The van der Waals surface area contributed by atoms with Gasteiger partial charge in [0.2, 0.25) is 5.91 Å². The Morgan fingerprint density at radius 2 is 2.19 bits per heavy atom. The van der Waals surface area contributed by atoms with E-state index in [9.17, 15) is 19.2 Å². The molecule has 1 aliphatic heterocycles. The zero-order valence-corrected chi connectivity index (χ0v) is 14.9. The maximum absolute atomic E-state index is 13.7. The maximum Gasteiger partial charge on any atom is 0.326 e. The van der Waals surface area contributed by atoms with E-state index < -0.39 is 28.3 Å². The average molecular weight is 383 g/mol. The molecular formula is C18H26FN3O3S. The van der Waals surface area contributed by atoms with Crippen molar-refractivity contribution in [1.82, 2.24) is 4.90 Å². The molecule has 1 saturated heterocycles. The van der Waals surface area contributed by atoms with Gasteiger partial charge in [0.1, 0.15) is 16.4 Å². The van der Waals surface area contributed by atoms with Gasteiger partial charge in [0.15, 0.2) is 5.92 Å². The molecule has 0 saturated carbocycles. The molecular weight excluding hydrogens is 357 g/mol. The SMILES string of the molecule is C.CCOC(=O)C(C#N)[C@@H]1SC(CNc2ccccc2F)C(=O)N1CC.[HH]. The first kappa shape index (κ1) is 21.8. The number of amides is 1. The average Bonchev–Trinajstić information content (AvgIpc) is 2.91. The molecule has 2 rings (SSSR count). The van der Waals surface area contributed by atoms with Crippen LogP contribution in [0, 0.1) is 23.1 Å². The minimum atomic E-state index is -1.05. The van der Waals surface area contributed by atoms with Crippen molar-refractivity contribution in [1.29, 1.82) is 5.26 Å². The third-order valence-corrected chi connectivity index (χ3v) is 5.33. The Bertz CT molecular complexity index is 686. The topological polar surface area (TPSA) is 82.4 Å². The van der Waals surface area contributed by atoms with E-state index in [1.54, 1.807) is 32.0 Å². The van der Waals surface area contributed by atoms with E-state index in [0.29, 0.717) is 12.2 Å². The van der Waals surface area contributed by atoms with Gasteiger partial charge in [-0.25, -0.2) is 4.39 Å². The molecule has 144 valence electrons. The zero-order chi connectivity index (χ0) is 18.4. The predicted octanol–water partition coefficient (Wildman–Crippen LogP) is 3.11. The number of nitrogens with zero attached hydrogens (tertiary/aromatic N) is 2. The molecule has 26 heavy (non-hydrogen) atoms. The quantitative estimate of drug-likeness (QED) is 0.729. The second-order valence-corrected chi connectivity index (χ2v) is 6.68. The normalized spacial score (nSPS) is 20.1. The molecule has 1 heterocycles. The summed E-state index contributed by atoms with van der Waals surface area (Å²) in [6.45, 7) is 4.21. The lowest BCUT2D eigenvalue weighted by Crippen LogP contribution is -2.41. The molecule has 0 radical (unpaired) electrons. The first-order valence-electron chi connectivity index (χ1n) is 8.04. The summed E-state index contributed by atoms with van der Waals surface area (Å²) in [7, 11) is 0. The summed E-state index contributed by atoms with van der Waals surface area (Å²) in [6.07, 6.45) is 0. The van der Waals surface area contributed by atoms with Crippen molar-refractivity contribution in [2.24, 2.45) is 5.92 Å². The van der Waals surface area contributed by atoms with Gasteiger partial charge in [-0.1, -0.05) is 19.6 Å². The number of halogens is 1. The minimum absolute atomic E-state index is 0. The summed E-state index contributed by atoms with van der Waals surface area (Å²) >= 11 is 1.23. The Labute approximate surface area is 159 Å². The van der Waals surface area contributed by atoms with Gasteiger partial charge in [0.05, 0.1) is 18.4 Å². The summed E-state index contributed by atoms with van der Waals surface area (Å²) in [4.78, 5) is 26.1. The fraction of sp³-hybridized carbons (Fsp3) is 0.500. The monoisotopic (exact) mass is 383 g/mol. The van der Waals surface area contributed by atoms with Crippen LogP contribution in [-0.2, 0) is 14.3 Å². The number of para-hydroxylation sites is 1. The van der Waals surface area contributed by atoms with Gasteiger partial charge in [-0.15, -0.1) is 11.8 Å². The zero-order valence-electron chi connectivity index (χ0n) is 14.1. The molecule has 1 aliphatic rings. The number of carbonyl (C=O) groups is 2. The highest BCUT2D eigenvalue weighted by Gasteiger charge is 2.46. The van der Waals surface area contributed by atoms with Crippen LogP contribution < -0.4 is 5.32 Å². The lowest BCUT2D eigenvalue weighted by molar-refractivity contribution is -0.147. The second kappa shape index (κ2) is 10.0. The van der Waals surface area contributed by atoms with Crippen LogP contribution in [0.4, 0.5) is 10.1 Å². The number of benzene rings is 1. The number of esters is 1. The van der Waals surface area contributed by atoms with Gasteiger partial charge in [0.25, 0.3) is 0 Å². The number of nitrogens with one attached hydrogen (secondary N) is 1. The summed E-state index contributed by atoms with van der Waals surface area (Å²) in [5.41, 5.74) is 0.310. The largest absolute Gasteiger partial charge is 0.465 e. The number of ether oxygens (including phenoxy) is 1. The molecule has 2 unspecified atom stereocenters. The van der Waals surface area contributed by atoms with Crippen molar-refractivity contribution in [2.75, 3.05) is 25.0 Å². The highest BCUT2D eigenvalue weighted by atomic mass is 32.2. The van der Waals surface area contributed by atoms with Crippen LogP contribution in [0.2, 0.25) is 0 Å². The number of anilines is 1. The summed E-state index contributed by atoms with van der Waals surface area (Å²) in [6, 6.07) is 8.15. The number of nitriles is 1. The first-order chi connectivity index (χ1) is 12.0. The maximum atomic E-state index is 13.7. The lowest BCUT2D eigenvalue weighted by Gasteiger charge is -2.24. The Hall–Kier alpha value is -2.27. The fourth-order valence-electron chi connectivity index (χ4n) is 2.61. The molecule has 1 aromatic rings. The lowest BCUT2D eigenvalue weighted by atomic mass is 10.1. The molecule has 0 aromatic heterocycles. The third kappa shape index (κ3) is 4.67. The van der Waals surface area contributed by atoms with Gasteiger partial charge >= 0.3 is 5.97 Å². The van der Waals surface area contributed by atoms with E-state index in [-0.39, 0.29) is 27.9 Å². The highest BCUT2D eigenvalue weighted by Crippen LogP contribution is 2.36. The van der Waals surface area contributed by atoms with E-state index in [2.05, 4.69) is 5.32 Å². The first-order valence-corrected chi connectivity index (χ1v) is 8.98. The number of rotatable bonds is 7. The van der Waals surface area contributed by atoms with Crippen molar-refractivity contribution < 1.29 is 20.1 Å². The van der Waals surface area contributed by atoms with Crippen molar-refractivity contribution in [3.63, 3.8) is 0 Å². The van der Waals surface area contributed by atoms with E-state index >= 15 is 0 Å². The van der Waals surface area contributed by atoms with Crippen LogP contribution in [0.5, 0.6) is 0 Å². The van der Waals surface area contributed by atoms with Crippen molar-refractivity contribution in [3.8, 4) is 6.07 Å². The van der Waals surface area contributed by atoms with Crippen molar-refractivity contribution in [2.45, 2.75) is 31.9 Å². The number of hydrogen-bond donors (Lipinski definition) is 1. The fourth-order valence-corrected chi connectivity index (χ4v) is 4.11. The Balaban J connectivity index is 0.00000338. The van der Waals surface area contributed by atoms with Crippen LogP contribution in [-0.4, -0.2) is 47.1 Å². The third-order valence-electron chi connectivity index (χ3n) is 3.83. The Morgan fingerprint density at radius 3 is 2.77 bits per heavy atom. The minimum Gasteiger partial charge on any atom is -0.465 e. The van der Waals surface area contributed by atoms with Crippen LogP contribution in [0.1, 0.15) is 22.7 Å². The number of carbonyl (C=O) groups excluding carboxylic acids is 2. The second-order valence-electron chi connectivity index (χ2n) is 5.36. The predicted molar refractivity (Wildman–Crippen MR) is 102 cm³/mol. The smallest absolute Gasteiger partial charge is 0.326 e. The molecule has 1 N–H and O–H groups in total. The molecule has 8 heteroatoms. The van der Waals surface area contributed by atoms with E-state index in [1.165, 1.54) is 22.7 Å². The Kier molecular flexibility index (Phi) is 8.39. The molecule has 1 fully saturated rings. The molecule has 0 aliphatic carbocycles. The van der Waals surface area contributed by atoms with E-state index in [4.69, 9.17) is 4.74 Å². The standard InChI is InChI=1S/C17H20FN3O3S.CH4.H2/c1-3-21-15(22)14(10-20-13-8-6-5-7-12(13)18)25-16(21)11(9-19)17(23)24-4-2;;/h5-8,11,14,16,20H,3-4,10H2,1-2H3;1H4;1H/t11?,14?,16-;;/m0../s1. The van der Waals surface area contributed by atoms with E-state index in [0.717, 1.165) is 0 Å².